The summed E-state index contributed by atoms with van der Waals surface area (Å²) in [6.45, 7) is 5.76. The number of hydrogen-bond donors (Lipinski definition) is 1. The SMILES string of the molecule is CC(C)(C)NC(=O)OCc1cccnc1Cl. The Hall–Kier alpha value is -1.29. The molecule has 16 heavy (non-hydrogen) atoms. The van der Waals surface area contributed by atoms with Gasteiger partial charge in [-0.15, -0.1) is 0 Å². The third-order valence-electron chi connectivity index (χ3n) is 1.67. The van der Waals surface area contributed by atoms with Crippen LogP contribution >= 0.6 is 11.6 Å². The van der Waals surface area contributed by atoms with E-state index in [2.05, 4.69) is 10.3 Å². The van der Waals surface area contributed by atoms with Gasteiger partial charge in [-0.2, -0.15) is 0 Å². The van der Waals surface area contributed by atoms with Crippen molar-refractivity contribution in [1.82, 2.24) is 10.3 Å². The van der Waals surface area contributed by atoms with Crippen LogP contribution in [0.2, 0.25) is 5.15 Å². The molecule has 1 rings (SSSR count). The van der Waals surface area contributed by atoms with E-state index < -0.39 is 6.09 Å². The van der Waals surface area contributed by atoms with Crippen molar-refractivity contribution < 1.29 is 9.53 Å². The molecule has 4 nitrogen and oxygen atoms in total. The minimum Gasteiger partial charge on any atom is -0.445 e. The lowest BCUT2D eigenvalue weighted by Crippen LogP contribution is -2.40. The van der Waals surface area contributed by atoms with Crippen molar-refractivity contribution in [3.8, 4) is 0 Å². The standard InChI is InChI=1S/C11H15ClN2O2/c1-11(2,3)14-10(15)16-7-8-5-4-6-13-9(8)12/h4-6H,7H2,1-3H3,(H,14,15). The third-order valence-corrected chi connectivity index (χ3v) is 2.01. The van der Waals surface area contributed by atoms with E-state index in [-0.39, 0.29) is 12.1 Å². The van der Waals surface area contributed by atoms with Crippen LogP contribution in [0, 0.1) is 0 Å². The Morgan fingerprint density at radius 2 is 2.25 bits per heavy atom. The number of ether oxygens (including phenoxy) is 1. The molecule has 0 aliphatic heterocycles. The normalized spacial score (nSPS) is 11.0. The number of pyridine rings is 1. The highest BCUT2D eigenvalue weighted by Gasteiger charge is 2.14. The Morgan fingerprint density at radius 3 is 2.81 bits per heavy atom. The molecule has 0 saturated carbocycles. The van der Waals surface area contributed by atoms with Crippen molar-refractivity contribution in [2.24, 2.45) is 0 Å². The van der Waals surface area contributed by atoms with Gasteiger partial charge in [0.1, 0.15) is 11.8 Å². The molecular formula is C11H15ClN2O2. The van der Waals surface area contributed by atoms with E-state index in [4.69, 9.17) is 16.3 Å². The lowest BCUT2D eigenvalue weighted by atomic mass is 10.1. The Kier molecular flexibility index (Phi) is 4.12. The van der Waals surface area contributed by atoms with Crippen molar-refractivity contribution >= 4 is 17.7 Å². The van der Waals surface area contributed by atoms with Crippen LogP contribution in [0.25, 0.3) is 0 Å². The average Bonchev–Trinajstić information content (AvgIpc) is 2.14. The van der Waals surface area contributed by atoms with Gasteiger partial charge in [-0.25, -0.2) is 9.78 Å². The average molecular weight is 243 g/mol. The zero-order valence-corrected chi connectivity index (χ0v) is 10.3. The Bertz CT molecular complexity index is 374. The van der Waals surface area contributed by atoms with E-state index in [1.165, 1.54) is 0 Å². The van der Waals surface area contributed by atoms with E-state index in [1.807, 2.05) is 20.8 Å². The molecule has 88 valence electrons. The molecule has 0 aliphatic carbocycles. The van der Waals surface area contributed by atoms with E-state index >= 15 is 0 Å². The van der Waals surface area contributed by atoms with E-state index in [9.17, 15) is 4.79 Å². The Morgan fingerprint density at radius 1 is 1.56 bits per heavy atom. The molecule has 1 amide bonds. The number of hydrogen-bond acceptors (Lipinski definition) is 3. The van der Waals surface area contributed by atoms with E-state index in [0.29, 0.717) is 10.7 Å². The fourth-order valence-corrected chi connectivity index (χ4v) is 1.19. The quantitative estimate of drug-likeness (QED) is 0.812. The maximum atomic E-state index is 11.3. The van der Waals surface area contributed by atoms with Crippen molar-refractivity contribution in [3.05, 3.63) is 29.0 Å². The molecule has 0 fully saturated rings. The first-order valence-electron chi connectivity index (χ1n) is 4.93. The minimum atomic E-state index is -0.465. The maximum Gasteiger partial charge on any atom is 0.407 e. The van der Waals surface area contributed by atoms with Crippen LogP contribution in [0.3, 0.4) is 0 Å². The number of nitrogens with zero attached hydrogens (tertiary/aromatic N) is 1. The smallest absolute Gasteiger partial charge is 0.407 e. The van der Waals surface area contributed by atoms with Crippen molar-refractivity contribution in [2.45, 2.75) is 32.9 Å². The molecule has 0 aliphatic rings. The molecule has 0 saturated heterocycles. The lowest BCUT2D eigenvalue weighted by molar-refractivity contribution is 0.131. The van der Waals surface area contributed by atoms with Gasteiger partial charge in [0.05, 0.1) is 0 Å². The van der Waals surface area contributed by atoms with E-state index in [0.717, 1.165) is 0 Å². The first kappa shape index (κ1) is 12.8. The molecule has 1 heterocycles. The number of halogens is 1. The fourth-order valence-electron chi connectivity index (χ4n) is 1.01. The zero-order valence-electron chi connectivity index (χ0n) is 9.58. The van der Waals surface area contributed by atoms with Crippen LogP contribution in [-0.4, -0.2) is 16.6 Å². The number of alkyl carbamates (subject to hydrolysis) is 1. The molecule has 5 heteroatoms. The number of rotatable bonds is 2. The summed E-state index contributed by atoms with van der Waals surface area (Å²) in [6, 6.07) is 3.51. The van der Waals surface area contributed by atoms with Gasteiger partial charge in [-0.05, 0) is 26.8 Å². The Labute approximate surface area is 100.0 Å². The predicted molar refractivity (Wildman–Crippen MR) is 62.3 cm³/mol. The highest BCUT2D eigenvalue weighted by Crippen LogP contribution is 2.12. The number of carbonyl (C=O) groups is 1. The number of carbonyl (C=O) groups excluding carboxylic acids is 1. The summed E-state index contributed by atoms with van der Waals surface area (Å²) in [5.74, 6) is 0. The molecule has 0 bridgehead atoms. The second-order valence-corrected chi connectivity index (χ2v) is 4.76. The molecule has 1 aromatic heterocycles. The first-order chi connectivity index (χ1) is 7.38. The van der Waals surface area contributed by atoms with Gasteiger partial charge in [-0.3, -0.25) is 0 Å². The van der Waals surface area contributed by atoms with Crippen LogP contribution in [0.5, 0.6) is 0 Å². The molecular weight excluding hydrogens is 228 g/mol. The highest BCUT2D eigenvalue weighted by molar-refractivity contribution is 6.30. The number of aromatic nitrogens is 1. The molecule has 1 aromatic rings. The summed E-state index contributed by atoms with van der Waals surface area (Å²) in [7, 11) is 0. The largest absolute Gasteiger partial charge is 0.445 e. The van der Waals surface area contributed by atoms with Crippen LogP contribution in [0.1, 0.15) is 26.3 Å². The monoisotopic (exact) mass is 242 g/mol. The van der Waals surface area contributed by atoms with Gasteiger partial charge in [0.2, 0.25) is 0 Å². The maximum absolute atomic E-state index is 11.3. The second kappa shape index (κ2) is 5.16. The highest BCUT2D eigenvalue weighted by atomic mass is 35.5. The zero-order chi connectivity index (χ0) is 12.2. The summed E-state index contributed by atoms with van der Waals surface area (Å²) in [5, 5.41) is 3.04. The van der Waals surface area contributed by atoms with Crippen LogP contribution in [-0.2, 0) is 11.3 Å². The van der Waals surface area contributed by atoms with Crippen LogP contribution < -0.4 is 5.32 Å². The lowest BCUT2D eigenvalue weighted by Gasteiger charge is -2.19. The fraction of sp³-hybridized carbons (Fsp3) is 0.455. The molecule has 0 radical (unpaired) electrons. The predicted octanol–water partition coefficient (Wildman–Crippen LogP) is 2.76. The summed E-state index contributed by atoms with van der Waals surface area (Å²) in [4.78, 5) is 15.2. The second-order valence-electron chi connectivity index (χ2n) is 4.40. The molecule has 0 aromatic carbocycles. The van der Waals surface area contributed by atoms with Gasteiger partial charge in [0, 0.05) is 17.3 Å². The van der Waals surface area contributed by atoms with Gasteiger partial charge in [-0.1, -0.05) is 17.7 Å². The molecule has 0 spiro atoms. The summed E-state index contributed by atoms with van der Waals surface area (Å²) < 4.78 is 5.01. The van der Waals surface area contributed by atoms with Crippen molar-refractivity contribution in [1.29, 1.82) is 0 Å². The van der Waals surface area contributed by atoms with Crippen molar-refractivity contribution in [3.63, 3.8) is 0 Å². The van der Waals surface area contributed by atoms with Crippen LogP contribution in [0.15, 0.2) is 18.3 Å². The molecule has 0 unspecified atom stereocenters. The molecule has 0 atom stereocenters. The van der Waals surface area contributed by atoms with E-state index in [1.54, 1.807) is 18.3 Å². The Balaban J connectivity index is 2.47. The summed E-state index contributed by atoms with van der Waals surface area (Å²) in [5.41, 5.74) is 0.378. The van der Waals surface area contributed by atoms with Gasteiger partial charge in [0.15, 0.2) is 0 Å². The minimum absolute atomic E-state index is 0.120. The summed E-state index contributed by atoms with van der Waals surface area (Å²) in [6.07, 6.45) is 1.12. The van der Waals surface area contributed by atoms with Gasteiger partial charge >= 0.3 is 6.09 Å². The number of amides is 1. The summed E-state index contributed by atoms with van der Waals surface area (Å²) >= 11 is 5.82. The molecule has 1 N–H and O–H groups in total. The van der Waals surface area contributed by atoms with Crippen molar-refractivity contribution in [2.75, 3.05) is 0 Å². The third kappa shape index (κ3) is 4.49. The van der Waals surface area contributed by atoms with Crippen LogP contribution in [0.4, 0.5) is 4.79 Å². The topological polar surface area (TPSA) is 51.2 Å². The van der Waals surface area contributed by atoms with Gasteiger partial charge in [0.25, 0.3) is 0 Å². The van der Waals surface area contributed by atoms with Gasteiger partial charge < -0.3 is 10.1 Å². The first-order valence-corrected chi connectivity index (χ1v) is 5.30. The number of nitrogens with one attached hydrogen (secondary N) is 1.